The monoisotopic (exact) mass is 329 g/mol. The molecule has 1 aliphatic heterocycles. The van der Waals surface area contributed by atoms with Crippen LogP contribution in [-0.2, 0) is 16.0 Å². The normalized spacial score (nSPS) is 17.5. The molecule has 6 nitrogen and oxygen atoms in total. The van der Waals surface area contributed by atoms with E-state index in [0.29, 0.717) is 26.1 Å². The van der Waals surface area contributed by atoms with Crippen molar-refractivity contribution < 1.29 is 14.3 Å². The van der Waals surface area contributed by atoms with E-state index in [1.165, 1.54) is 0 Å². The predicted octanol–water partition coefficient (Wildman–Crippen LogP) is 1.85. The number of rotatable bonds is 6. The number of hydrogen-bond donors (Lipinski definition) is 2. The fourth-order valence-electron chi connectivity index (χ4n) is 3.26. The summed E-state index contributed by atoms with van der Waals surface area (Å²) in [4.78, 5) is 29.1. The maximum atomic E-state index is 12.4. The van der Waals surface area contributed by atoms with E-state index in [1.807, 2.05) is 38.2 Å². The highest BCUT2D eigenvalue weighted by Crippen LogP contribution is 2.29. The lowest BCUT2D eigenvalue weighted by molar-refractivity contribution is -0.127. The molecule has 0 aliphatic carbocycles. The van der Waals surface area contributed by atoms with Crippen molar-refractivity contribution in [2.75, 3.05) is 19.7 Å². The lowest BCUT2D eigenvalue weighted by Gasteiger charge is -2.14. The van der Waals surface area contributed by atoms with Gasteiger partial charge >= 0.3 is 0 Å². The number of hydrogen-bond acceptors (Lipinski definition) is 3. The van der Waals surface area contributed by atoms with Gasteiger partial charge in [0.05, 0.1) is 19.1 Å². The maximum absolute atomic E-state index is 12.4. The summed E-state index contributed by atoms with van der Waals surface area (Å²) in [6.07, 6.45) is 2.50. The summed E-state index contributed by atoms with van der Waals surface area (Å²) in [6, 6.07) is 5.71. The highest BCUT2D eigenvalue weighted by Gasteiger charge is 2.29. The van der Waals surface area contributed by atoms with E-state index in [4.69, 9.17) is 4.74 Å². The third-order valence-electron chi connectivity index (χ3n) is 4.36. The standard InChI is InChI=1S/C18H23N3O3/c1-3-21-11-13(9-17(21)23)20-16(22)8-12-10-19-14-6-5-7-15(18(12)14)24-4-2/h5-7,10,13,19H,3-4,8-9,11H2,1-2H3,(H,20,22)/t13-/m0/s1. The number of benzene rings is 1. The summed E-state index contributed by atoms with van der Waals surface area (Å²) in [6.45, 7) is 5.75. The highest BCUT2D eigenvalue weighted by atomic mass is 16.5. The molecule has 1 atom stereocenters. The van der Waals surface area contributed by atoms with Crippen molar-refractivity contribution >= 4 is 22.7 Å². The second-order valence-electron chi connectivity index (χ2n) is 6.00. The predicted molar refractivity (Wildman–Crippen MR) is 92.0 cm³/mol. The number of nitrogens with zero attached hydrogens (tertiary/aromatic N) is 1. The SMILES string of the molecule is CCOc1cccc2[nH]cc(CC(=O)N[C@H]3CC(=O)N(CC)C3)c12. The van der Waals surface area contributed by atoms with E-state index >= 15 is 0 Å². The zero-order chi connectivity index (χ0) is 17.1. The van der Waals surface area contributed by atoms with Gasteiger partial charge < -0.3 is 19.9 Å². The Morgan fingerprint density at radius 1 is 1.42 bits per heavy atom. The van der Waals surface area contributed by atoms with Gasteiger partial charge in [-0.15, -0.1) is 0 Å². The van der Waals surface area contributed by atoms with Crippen molar-refractivity contribution in [1.82, 2.24) is 15.2 Å². The molecule has 1 fully saturated rings. The average molecular weight is 329 g/mol. The van der Waals surface area contributed by atoms with Crippen molar-refractivity contribution in [3.05, 3.63) is 30.0 Å². The number of carbonyl (C=O) groups is 2. The zero-order valence-electron chi connectivity index (χ0n) is 14.1. The number of ether oxygens (including phenoxy) is 1. The van der Waals surface area contributed by atoms with Crippen molar-refractivity contribution in [3.63, 3.8) is 0 Å². The molecule has 0 saturated carbocycles. The molecule has 3 rings (SSSR count). The lowest BCUT2D eigenvalue weighted by Crippen LogP contribution is -2.37. The van der Waals surface area contributed by atoms with Crippen molar-refractivity contribution in [2.24, 2.45) is 0 Å². The van der Waals surface area contributed by atoms with E-state index in [0.717, 1.165) is 22.2 Å². The molecule has 1 aromatic heterocycles. The number of fused-ring (bicyclic) bond motifs is 1. The Hall–Kier alpha value is -2.50. The molecular formula is C18H23N3O3. The number of aromatic nitrogens is 1. The summed E-state index contributed by atoms with van der Waals surface area (Å²) in [7, 11) is 0. The molecule has 128 valence electrons. The van der Waals surface area contributed by atoms with E-state index in [1.54, 1.807) is 4.90 Å². The first-order chi connectivity index (χ1) is 11.6. The van der Waals surface area contributed by atoms with Crippen LogP contribution in [0.15, 0.2) is 24.4 Å². The van der Waals surface area contributed by atoms with Crippen LogP contribution in [0.5, 0.6) is 5.75 Å². The van der Waals surface area contributed by atoms with Crippen LogP contribution in [-0.4, -0.2) is 47.4 Å². The Kier molecular flexibility index (Phi) is 4.74. The highest BCUT2D eigenvalue weighted by molar-refractivity contribution is 5.93. The Morgan fingerprint density at radius 3 is 2.96 bits per heavy atom. The molecule has 0 bridgehead atoms. The molecule has 1 aliphatic rings. The molecule has 2 heterocycles. The molecule has 1 saturated heterocycles. The summed E-state index contributed by atoms with van der Waals surface area (Å²) in [5.74, 6) is 0.818. The number of likely N-dealkylation sites (N-methyl/N-ethyl adjacent to an activating group) is 1. The summed E-state index contributed by atoms with van der Waals surface area (Å²) in [5, 5.41) is 3.92. The average Bonchev–Trinajstić information content (AvgIpc) is 3.12. The number of H-pyrrole nitrogens is 1. The minimum atomic E-state index is -0.0958. The number of nitrogens with one attached hydrogen (secondary N) is 2. The second kappa shape index (κ2) is 6.95. The van der Waals surface area contributed by atoms with Crippen LogP contribution in [0.1, 0.15) is 25.8 Å². The molecular weight excluding hydrogens is 306 g/mol. The topological polar surface area (TPSA) is 74.4 Å². The van der Waals surface area contributed by atoms with Gasteiger partial charge in [0.15, 0.2) is 0 Å². The van der Waals surface area contributed by atoms with Crippen LogP contribution in [0.3, 0.4) is 0 Å². The smallest absolute Gasteiger partial charge is 0.224 e. The van der Waals surface area contributed by atoms with Crippen molar-refractivity contribution in [1.29, 1.82) is 0 Å². The maximum Gasteiger partial charge on any atom is 0.224 e. The van der Waals surface area contributed by atoms with Gasteiger partial charge in [-0.1, -0.05) is 6.07 Å². The van der Waals surface area contributed by atoms with E-state index in [9.17, 15) is 9.59 Å². The van der Waals surface area contributed by atoms with Gasteiger partial charge in [-0.3, -0.25) is 9.59 Å². The van der Waals surface area contributed by atoms with Gasteiger partial charge in [0, 0.05) is 36.6 Å². The zero-order valence-corrected chi connectivity index (χ0v) is 14.1. The third kappa shape index (κ3) is 3.22. The fraction of sp³-hybridized carbons (Fsp3) is 0.444. The first kappa shape index (κ1) is 16.4. The fourth-order valence-corrected chi connectivity index (χ4v) is 3.26. The quantitative estimate of drug-likeness (QED) is 0.849. The van der Waals surface area contributed by atoms with Crippen LogP contribution in [0.4, 0.5) is 0 Å². The molecule has 1 aromatic carbocycles. The molecule has 0 unspecified atom stereocenters. The second-order valence-corrected chi connectivity index (χ2v) is 6.00. The van der Waals surface area contributed by atoms with Crippen LogP contribution >= 0.6 is 0 Å². The van der Waals surface area contributed by atoms with Crippen molar-refractivity contribution in [3.8, 4) is 5.75 Å². The Morgan fingerprint density at radius 2 is 2.25 bits per heavy atom. The number of carbonyl (C=O) groups excluding carboxylic acids is 2. The molecule has 0 spiro atoms. The largest absolute Gasteiger partial charge is 0.493 e. The van der Waals surface area contributed by atoms with Crippen molar-refractivity contribution in [2.45, 2.75) is 32.7 Å². The molecule has 6 heteroatoms. The summed E-state index contributed by atoms with van der Waals surface area (Å²) in [5.41, 5.74) is 1.86. The molecule has 2 aromatic rings. The van der Waals surface area contributed by atoms with Gasteiger partial charge in [-0.05, 0) is 31.5 Å². The number of amides is 2. The summed E-state index contributed by atoms with van der Waals surface area (Å²) >= 11 is 0. The first-order valence-corrected chi connectivity index (χ1v) is 8.41. The molecule has 2 amide bonds. The molecule has 2 N–H and O–H groups in total. The van der Waals surface area contributed by atoms with Gasteiger partial charge in [-0.25, -0.2) is 0 Å². The van der Waals surface area contributed by atoms with Crippen LogP contribution in [0, 0.1) is 0 Å². The third-order valence-corrected chi connectivity index (χ3v) is 4.36. The first-order valence-electron chi connectivity index (χ1n) is 8.41. The summed E-state index contributed by atoms with van der Waals surface area (Å²) < 4.78 is 5.67. The van der Waals surface area contributed by atoms with E-state index in [-0.39, 0.29) is 24.3 Å². The molecule has 0 radical (unpaired) electrons. The van der Waals surface area contributed by atoms with Gasteiger partial charge in [-0.2, -0.15) is 0 Å². The van der Waals surface area contributed by atoms with Gasteiger partial charge in [0.1, 0.15) is 5.75 Å². The number of likely N-dealkylation sites (tertiary alicyclic amines) is 1. The van der Waals surface area contributed by atoms with E-state index in [2.05, 4.69) is 10.3 Å². The van der Waals surface area contributed by atoms with Gasteiger partial charge in [0.25, 0.3) is 0 Å². The minimum absolute atomic E-state index is 0.0713. The number of aromatic amines is 1. The van der Waals surface area contributed by atoms with Gasteiger partial charge in [0.2, 0.25) is 11.8 Å². The van der Waals surface area contributed by atoms with Crippen LogP contribution < -0.4 is 10.1 Å². The van der Waals surface area contributed by atoms with Crippen LogP contribution in [0.25, 0.3) is 10.9 Å². The minimum Gasteiger partial charge on any atom is -0.493 e. The Balaban J connectivity index is 1.71. The Bertz CT molecular complexity index is 753. The van der Waals surface area contributed by atoms with Crippen LogP contribution in [0.2, 0.25) is 0 Å². The molecule has 24 heavy (non-hydrogen) atoms. The Labute approximate surface area is 141 Å². The van der Waals surface area contributed by atoms with E-state index < -0.39 is 0 Å². The lowest BCUT2D eigenvalue weighted by atomic mass is 10.1.